The number of fused-ring (bicyclic) bond motifs is 1. The third kappa shape index (κ3) is 2.54. The fourth-order valence-corrected chi connectivity index (χ4v) is 1.82. The van der Waals surface area contributed by atoms with E-state index < -0.39 is 0 Å². The van der Waals surface area contributed by atoms with E-state index in [4.69, 9.17) is 4.74 Å². The van der Waals surface area contributed by atoms with E-state index in [1.165, 1.54) is 0 Å². The van der Waals surface area contributed by atoms with Gasteiger partial charge in [0.05, 0.1) is 12.6 Å². The van der Waals surface area contributed by atoms with Crippen LogP contribution in [0, 0.1) is 0 Å². The van der Waals surface area contributed by atoms with E-state index >= 15 is 0 Å². The third-order valence-corrected chi connectivity index (χ3v) is 2.63. The lowest BCUT2D eigenvalue weighted by atomic mass is 10.1. The monoisotopic (exact) mass is 211 g/mol. The fraction of sp³-hybridized carbons (Fsp3) is 0.800. The topological polar surface area (TPSA) is 60.2 Å². The van der Waals surface area contributed by atoms with E-state index in [2.05, 4.69) is 10.1 Å². The van der Waals surface area contributed by atoms with Crippen LogP contribution in [-0.4, -0.2) is 39.7 Å². The summed E-state index contributed by atoms with van der Waals surface area (Å²) in [5.74, 6) is 1.88. The fourth-order valence-electron chi connectivity index (χ4n) is 1.82. The molecule has 0 radical (unpaired) electrons. The van der Waals surface area contributed by atoms with Gasteiger partial charge in [0.15, 0.2) is 5.82 Å². The van der Waals surface area contributed by atoms with Crippen molar-refractivity contribution in [2.75, 3.05) is 13.7 Å². The first-order valence-electron chi connectivity index (χ1n) is 5.39. The van der Waals surface area contributed by atoms with Crippen LogP contribution in [0.3, 0.4) is 0 Å². The number of ether oxygens (including phenoxy) is 1. The number of aromatic nitrogens is 3. The summed E-state index contributed by atoms with van der Waals surface area (Å²) in [7, 11) is 1.70. The first kappa shape index (κ1) is 10.6. The van der Waals surface area contributed by atoms with E-state index in [0.29, 0.717) is 6.54 Å². The molecule has 0 aliphatic carbocycles. The van der Waals surface area contributed by atoms with Gasteiger partial charge in [0.1, 0.15) is 5.82 Å². The smallest absolute Gasteiger partial charge is 0.151 e. The van der Waals surface area contributed by atoms with Crippen LogP contribution in [-0.2, 0) is 24.1 Å². The summed E-state index contributed by atoms with van der Waals surface area (Å²) in [4.78, 5) is 4.44. The normalized spacial score (nSPS) is 20.3. The number of hydrogen-bond acceptors (Lipinski definition) is 4. The molecule has 0 bridgehead atoms. The van der Waals surface area contributed by atoms with Crippen LogP contribution >= 0.6 is 0 Å². The molecule has 1 aromatic rings. The van der Waals surface area contributed by atoms with E-state index in [-0.39, 0.29) is 6.10 Å². The van der Waals surface area contributed by atoms with Gasteiger partial charge in [-0.15, -0.1) is 0 Å². The summed E-state index contributed by atoms with van der Waals surface area (Å²) in [6, 6.07) is 0. The number of nitrogens with zero attached hydrogens (tertiary/aromatic N) is 3. The molecule has 2 rings (SSSR count). The third-order valence-electron chi connectivity index (χ3n) is 2.63. The van der Waals surface area contributed by atoms with Gasteiger partial charge in [0, 0.05) is 26.6 Å². The SMILES string of the molecule is COCCCc1nc2n(n1)CC(O)CC2. The highest BCUT2D eigenvalue weighted by atomic mass is 16.5. The minimum atomic E-state index is -0.258. The highest BCUT2D eigenvalue weighted by Gasteiger charge is 2.19. The predicted molar refractivity (Wildman–Crippen MR) is 54.5 cm³/mol. The van der Waals surface area contributed by atoms with Gasteiger partial charge in [0.2, 0.25) is 0 Å². The molecule has 1 aliphatic heterocycles. The molecule has 5 heteroatoms. The molecule has 1 atom stereocenters. The van der Waals surface area contributed by atoms with E-state index in [9.17, 15) is 5.11 Å². The Balaban J connectivity index is 1.96. The van der Waals surface area contributed by atoms with Gasteiger partial charge in [-0.3, -0.25) is 0 Å². The maximum Gasteiger partial charge on any atom is 0.151 e. The molecule has 1 unspecified atom stereocenters. The van der Waals surface area contributed by atoms with Crippen molar-refractivity contribution >= 4 is 0 Å². The van der Waals surface area contributed by atoms with Crippen LogP contribution in [0.1, 0.15) is 24.5 Å². The zero-order chi connectivity index (χ0) is 10.7. The summed E-state index contributed by atoms with van der Waals surface area (Å²) in [5.41, 5.74) is 0. The lowest BCUT2D eigenvalue weighted by Crippen LogP contribution is -2.25. The average Bonchev–Trinajstić information content (AvgIpc) is 2.60. The van der Waals surface area contributed by atoms with Crippen molar-refractivity contribution in [1.29, 1.82) is 0 Å². The van der Waals surface area contributed by atoms with Gasteiger partial charge >= 0.3 is 0 Å². The Bertz CT molecular complexity index is 324. The number of hydrogen-bond donors (Lipinski definition) is 1. The van der Waals surface area contributed by atoms with Crippen LogP contribution in [0.2, 0.25) is 0 Å². The lowest BCUT2D eigenvalue weighted by molar-refractivity contribution is 0.124. The highest BCUT2D eigenvalue weighted by molar-refractivity contribution is 4.97. The molecule has 0 saturated carbocycles. The molecular weight excluding hydrogens is 194 g/mol. The van der Waals surface area contributed by atoms with Crippen LogP contribution in [0.25, 0.3) is 0 Å². The van der Waals surface area contributed by atoms with Crippen molar-refractivity contribution in [2.24, 2.45) is 0 Å². The minimum absolute atomic E-state index is 0.258. The molecule has 1 aliphatic rings. The summed E-state index contributed by atoms with van der Waals surface area (Å²) >= 11 is 0. The summed E-state index contributed by atoms with van der Waals surface area (Å²) in [6.07, 6.45) is 3.17. The molecule has 5 nitrogen and oxygen atoms in total. The standard InChI is InChI=1S/C10H17N3O2/c1-15-6-2-3-9-11-10-5-4-8(14)7-13(10)12-9/h8,14H,2-7H2,1H3. The Morgan fingerprint density at radius 1 is 1.60 bits per heavy atom. The largest absolute Gasteiger partial charge is 0.391 e. The first-order chi connectivity index (χ1) is 7.29. The Labute approximate surface area is 89.1 Å². The molecular formula is C10H17N3O2. The highest BCUT2D eigenvalue weighted by Crippen LogP contribution is 2.13. The number of aryl methyl sites for hydroxylation is 2. The Morgan fingerprint density at radius 2 is 2.47 bits per heavy atom. The molecule has 1 N–H and O–H groups in total. The first-order valence-corrected chi connectivity index (χ1v) is 5.39. The van der Waals surface area contributed by atoms with Crippen molar-refractivity contribution in [3.63, 3.8) is 0 Å². The van der Waals surface area contributed by atoms with Gasteiger partial charge in [0.25, 0.3) is 0 Å². The van der Waals surface area contributed by atoms with Gasteiger partial charge in [-0.1, -0.05) is 0 Å². The number of rotatable bonds is 4. The van der Waals surface area contributed by atoms with E-state index in [1.54, 1.807) is 7.11 Å². The zero-order valence-corrected chi connectivity index (χ0v) is 9.02. The van der Waals surface area contributed by atoms with Gasteiger partial charge in [-0.05, 0) is 12.8 Å². The van der Waals surface area contributed by atoms with Crippen molar-refractivity contribution in [1.82, 2.24) is 14.8 Å². The van der Waals surface area contributed by atoms with Crippen molar-refractivity contribution < 1.29 is 9.84 Å². The van der Waals surface area contributed by atoms with Crippen molar-refractivity contribution in [3.05, 3.63) is 11.6 Å². The Kier molecular flexibility index (Phi) is 3.33. The molecule has 84 valence electrons. The molecule has 0 aromatic carbocycles. The quantitative estimate of drug-likeness (QED) is 0.721. The minimum Gasteiger partial charge on any atom is -0.391 e. The Morgan fingerprint density at radius 3 is 3.27 bits per heavy atom. The second-order valence-corrected chi connectivity index (χ2v) is 3.92. The van der Waals surface area contributed by atoms with E-state index in [1.807, 2.05) is 4.68 Å². The van der Waals surface area contributed by atoms with Gasteiger partial charge < -0.3 is 9.84 Å². The van der Waals surface area contributed by atoms with Crippen LogP contribution in [0.4, 0.5) is 0 Å². The zero-order valence-electron chi connectivity index (χ0n) is 9.02. The molecule has 15 heavy (non-hydrogen) atoms. The van der Waals surface area contributed by atoms with Gasteiger partial charge in [-0.25, -0.2) is 9.67 Å². The molecule has 0 amide bonds. The summed E-state index contributed by atoms with van der Waals surface area (Å²) in [6.45, 7) is 1.33. The van der Waals surface area contributed by atoms with Gasteiger partial charge in [-0.2, -0.15) is 5.10 Å². The maximum atomic E-state index is 9.47. The van der Waals surface area contributed by atoms with Crippen molar-refractivity contribution in [3.8, 4) is 0 Å². The molecule has 0 saturated heterocycles. The summed E-state index contributed by atoms with van der Waals surface area (Å²) in [5, 5.41) is 13.8. The predicted octanol–water partition coefficient (Wildman–Crippen LogP) is 0.164. The summed E-state index contributed by atoms with van der Waals surface area (Å²) < 4.78 is 6.81. The van der Waals surface area contributed by atoms with Crippen LogP contribution in [0.15, 0.2) is 0 Å². The number of methoxy groups -OCH3 is 1. The molecule has 0 spiro atoms. The molecule has 1 aromatic heterocycles. The van der Waals surface area contributed by atoms with Crippen LogP contribution in [0.5, 0.6) is 0 Å². The second kappa shape index (κ2) is 4.72. The Hall–Kier alpha value is -0.940. The average molecular weight is 211 g/mol. The van der Waals surface area contributed by atoms with E-state index in [0.717, 1.165) is 43.9 Å². The maximum absolute atomic E-state index is 9.47. The lowest BCUT2D eigenvalue weighted by Gasteiger charge is -2.16. The molecule has 0 fully saturated rings. The number of aliphatic hydroxyl groups is 1. The van der Waals surface area contributed by atoms with Crippen LogP contribution < -0.4 is 0 Å². The van der Waals surface area contributed by atoms with Crippen molar-refractivity contribution in [2.45, 2.75) is 38.3 Å². The molecule has 2 heterocycles. The second-order valence-electron chi connectivity index (χ2n) is 3.92. The number of aliphatic hydroxyl groups excluding tert-OH is 1.